The van der Waals surface area contributed by atoms with Crippen LogP contribution in [0.15, 0.2) is 21.7 Å². The molecule has 0 saturated carbocycles. The highest BCUT2D eigenvalue weighted by Gasteiger charge is 2.13. The normalized spacial score (nSPS) is 11.2. The number of hydrogen-bond acceptors (Lipinski definition) is 5. The van der Waals surface area contributed by atoms with Gasteiger partial charge in [-0.1, -0.05) is 13.8 Å². The number of nitrogens with one attached hydrogen (secondary N) is 1. The van der Waals surface area contributed by atoms with Crippen LogP contribution in [-0.4, -0.2) is 48.3 Å². The van der Waals surface area contributed by atoms with Crippen LogP contribution in [0.25, 0.3) is 10.9 Å². The Bertz CT molecular complexity index is 790. The van der Waals surface area contributed by atoms with Crippen LogP contribution in [0.5, 0.6) is 11.5 Å². The number of hydrogen-bond donors (Lipinski definition) is 1. The molecule has 1 heterocycles. The van der Waals surface area contributed by atoms with E-state index in [0.29, 0.717) is 35.5 Å². The number of H-pyrrole nitrogens is 1. The molecule has 0 fully saturated rings. The van der Waals surface area contributed by atoms with Crippen molar-refractivity contribution in [1.82, 2.24) is 14.5 Å². The molecule has 0 aliphatic rings. The highest BCUT2D eigenvalue weighted by Crippen LogP contribution is 2.29. The fourth-order valence-electron chi connectivity index (χ4n) is 2.56. The number of aromatic amines is 1. The summed E-state index contributed by atoms with van der Waals surface area (Å²) in [7, 11) is 3.02. The lowest BCUT2D eigenvalue weighted by Gasteiger charge is -2.18. The van der Waals surface area contributed by atoms with Crippen molar-refractivity contribution in [3.63, 3.8) is 0 Å². The summed E-state index contributed by atoms with van der Waals surface area (Å²) in [6, 6.07) is 3.20. The summed E-state index contributed by atoms with van der Waals surface area (Å²) in [6.45, 7) is 6.85. The molecular formula is C16H23N3O4. The smallest absolute Gasteiger partial charge is 0.328 e. The summed E-state index contributed by atoms with van der Waals surface area (Å²) >= 11 is 0. The molecule has 7 nitrogen and oxygen atoms in total. The first-order valence-electron chi connectivity index (χ1n) is 7.66. The molecule has 2 aromatic rings. The van der Waals surface area contributed by atoms with Gasteiger partial charge in [-0.15, -0.1) is 0 Å². The van der Waals surface area contributed by atoms with Crippen LogP contribution >= 0.6 is 0 Å². The van der Waals surface area contributed by atoms with Crippen LogP contribution in [-0.2, 0) is 6.54 Å². The van der Waals surface area contributed by atoms with Gasteiger partial charge in [-0.2, -0.15) is 0 Å². The second-order valence-electron chi connectivity index (χ2n) is 5.17. The van der Waals surface area contributed by atoms with E-state index in [2.05, 4.69) is 9.88 Å². The van der Waals surface area contributed by atoms with Gasteiger partial charge < -0.3 is 19.4 Å². The van der Waals surface area contributed by atoms with Crippen molar-refractivity contribution in [3.05, 3.63) is 33.0 Å². The summed E-state index contributed by atoms with van der Waals surface area (Å²) < 4.78 is 11.7. The Morgan fingerprint density at radius 3 is 2.26 bits per heavy atom. The van der Waals surface area contributed by atoms with Crippen LogP contribution in [0.4, 0.5) is 0 Å². The maximum Gasteiger partial charge on any atom is 0.328 e. The number of benzene rings is 1. The van der Waals surface area contributed by atoms with Crippen LogP contribution < -0.4 is 20.7 Å². The predicted molar refractivity (Wildman–Crippen MR) is 89.7 cm³/mol. The average molecular weight is 321 g/mol. The quantitative estimate of drug-likeness (QED) is 0.825. The van der Waals surface area contributed by atoms with E-state index < -0.39 is 5.69 Å². The number of nitrogens with zero attached hydrogens (tertiary/aromatic N) is 2. The van der Waals surface area contributed by atoms with Crippen LogP contribution in [0.2, 0.25) is 0 Å². The first-order chi connectivity index (χ1) is 11.0. The van der Waals surface area contributed by atoms with E-state index >= 15 is 0 Å². The standard InChI is InChI=1S/C16H23N3O4/c1-5-18(6-2)7-8-19-15(20)11-9-13(22-3)14(23-4)10-12(11)17-16(19)21/h9-10H,5-8H2,1-4H3,(H,17,21). The van der Waals surface area contributed by atoms with Crippen molar-refractivity contribution in [2.45, 2.75) is 20.4 Å². The van der Waals surface area contributed by atoms with E-state index in [-0.39, 0.29) is 5.56 Å². The largest absolute Gasteiger partial charge is 0.493 e. The Morgan fingerprint density at radius 2 is 1.70 bits per heavy atom. The third kappa shape index (κ3) is 3.39. The molecule has 0 aliphatic carbocycles. The number of likely N-dealkylation sites (N-methyl/N-ethyl adjacent to an activating group) is 1. The van der Waals surface area contributed by atoms with Gasteiger partial charge >= 0.3 is 5.69 Å². The monoisotopic (exact) mass is 321 g/mol. The van der Waals surface area contributed by atoms with Gasteiger partial charge in [0.2, 0.25) is 0 Å². The van der Waals surface area contributed by atoms with Gasteiger partial charge in [0, 0.05) is 19.2 Å². The molecule has 0 amide bonds. The Hall–Kier alpha value is -2.28. The SMILES string of the molecule is CCN(CC)CCn1c(=O)[nH]c2cc(OC)c(OC)cc2c1=O. The zero-order valence-corrected chi connectivity index (χ0v) is 14.0. The fraction of sp³-hybridized carbons (Fsp3) is 0.500. The van der Waals surface area contributed by atoms with Crippen LogP contribution in [0.3, 0.4) is 0 Å². The van der Waals surface area contributed by atoms with Gasteiger partial charge in [-0.3, -0.25) is 9.36 Å². The molecule has 0 spiro atoms. The zero-order chi connectivity index (χ0) is 17.0. The minimum atomic E-state index is -0.415. The molecule has 7 heteroatoms. The summed E-state index contributed by atoms with van der Waals surface area (Å²) in [5.41, 5.74) is -0.296. The first kappa shape index (κ1) is 17.1. The Labute approximate surface area is 134 Å². The zero-order valence-electron chi connectivity index (χ0n) is 14.0. The second-order valence-corrected chi connectivity index (χ2v) is 5.17. The van der Waals surface area contributed by atoms with Crippen molar-refractivity contribution in [2.24, 2.45) is 0 Å². The lowest BCUT2D eigenvalue weighted by molar-refractivity contribution is 0.287. The van der Waals surface area contributed by atoms with Gasteiger partial charge in [0.1, 0.15) is 0 Å². The molecule has 1 aromatic heterocycles. The molecule has 0 bridgehead atoms. The molecule has 0 radical (unpaired) electrons. The number of rotatable bonds is 7. The van der Waals surface area contributed by atoms with Crippen molar-refractivity contribution in [2.75, 3.05) is 33.9 Å². The molecule has 1 aromatic carbocycles. The van der Waals surface area contributed by atoms with E-state index in [1.165, 1.54) is 18.8 Å². The predicted octanol–water partition coefficient (Wildman–Crippen LogP) is 1.05. The Balaban J connectivity index is 2.51. The van der Waals surface area contributed by atoms with Crippen molar-refractivity contribution in [3.8, 4) is 11.5 Å². The molecule has 0 aliphatic heterocycles. The van der Waals surface area contributed by atoms with Crippen molar-refractivity contribution < 1.29 is 9.47 Å². The number of ether oxygens (including phenoxy) is 2. The third-order valence-electron chi connectivity index (χ3n) is 4.02. The first-order valence-corrected chi connectivity index (χ1v) is 7.66. The highest BCUT2D eigenvalue weighted by molar-refractivity contribution is 5.81. The summed E-state index contributed by atoms with van der Waals surface area (Å²) in [5, 5.41) is 0.404. The van der Waals surface area contributed by atoms with Gasteiger partial charge in [0.05, 0.1) is 25.1 Å². The lowest BCUT2D eigenvalue weighted by atomic mass is 10.2. The van der Waals surface area contributed by atoms with E-state index in [4.69, 9.17) is 9.47 Å². The molecule has 1 N–H and O–H groups in total. The van der Waals surface area contributed by atoms with E-state index in [0.717, 1.165) is 13.1 Å². The summed E-state index contributed by atoms with van der Waals surface area (Å²) in [6.07, 6.45) is 0. The van der Waals surface area contributed by atoms with Crippen molar-refractivity contribution >= 4 is 10.9 Å². The van der Waals surface area contributed by atoms with E-state index in [1.807, 2.05) is 13.8 Å². The second kappa shape index (κ2) is 7.32. The third-order valence-corrected chi connectivity index (χ3v) is 4.02. The van der Waals surface area contributed by atoms with Crippen LogP contribution in [0, 0.1) is 0 Å². The maximum absolute atomic E-state index is 12.6. The van der Waals surface area contributed by atoms with E-state index in [1.54, 1.807) is 12.1 Å². The van der Waals surface area contributed by atoms with Gasteiger partial charge in [0.15, 0.2) is 11.5 Å². The lowest BCUT2D eigenvalue weighted by Crippen LogP contribution is -2.39. The molecule has 0 atom stereocenters. The molecule has 23 heavy (non-hydrogen) atoms. The van der Waals surface area contributed by atoms with Gasteiger partial charge in [0.25, 0.3) is 5.56 Å². The average Bonchev–Trinajstić information content (AvgIpc) is 2.57. The Kier molecular flexibility index (Phi) is 5.44. The molecular weight excluding hydrogens is 298 g/mol. The van der Waals surface area contributed by atoms with Gasteiger partial charge in [-0.25, -0.2) is 4.79 Å². The van der Waals surface area contributed by atoms with Crippen molar-refractivity contribution in [1.29, 1.82) is 0 Å². The number of fused-ring (bicyclic) bond motifs is 1. The molecule has 2 rings (SSSR count). The number of methoxy groups -OCH3 is 2. The topological polar surface area (TPSA) is 76.6 Å². The van der Waals surface area contributed by atoms with Crippen LogP contribution in [0.1, 0.15) is 13.8 Å². The Morgan fingerprint density at radius 1 is 1.09 bits per heavy atom. The maximum atomic E-state index is 12.6. The minimum absolute atomic E-state index is 0.322. The molecule has 126 valence electrons. The number of aromatic nitrogens is 2. The summed E-state index contributed by atoms with van der Waals surface area (Å²) in [4.78, 5) is 29.7. The van der Waals surface area contributed by atoms with Gasteiger partial charge in [-0.05, 0) is 19.2 Å². The molecule has 0 unspecified atom stereocenters. The highest BCUT2D eigenvalue weighted by atomic mass is 16.5. The molecule has 0 saturated heterocycles. The minimum Gasteiger partial charge on any atom is -0.493 e. The summed E-state index contributed by atoms with van der Waals surface area (Å²) in [5.74, 6) is 0.926. The fourth-order valence-corrected chi connectivity index (χ4v) is 2.56. The van der Waals surface area contributed by atoms with E-state index in [9.17, 15) is 9.59 Å².